The van der Waals surface area contributed by atoms with Crippen molar-refractivity contribution in [3.63, 3.8) is 0 Å². The van der Waals surface area contributed by atoms with Crippen LogP contribution in [0.4, 0.5) is 4.79 Å². The Labute approximate surface area is 143 Å². The molecule has 0 saturated carbocycles. The minimum absolute atomic E-state index is 0.00624. The van der Waals surface area contributed by atoms with Crippen LogP contribution in [0.15, 0.2) is 35.8 Å². The zero-order valence-corrected chi connectivity index (χ0v) is 14.1. The first-order valence-corrected chi connectivity index (χ1v) is 9.03. The molecule has 0 unspecified atom stereocenters. The van der Waals surface area contributed by atoms with E-state index in [9.17, 15) is 4.79 Å². The second-order valence-corrected chi connectivity index (χ2v) is 6.96. The summed E-state index contributed by atoms with van der Waals surface area (Å²) in [5, 5.41) is 5.79. The minimum atomic E-state index is -0.00624. The van der Waals surface area contributed by atoms with Crippen LogP contribution < -0.4 is 5.32 Å². The molecule has 1 aliphatic rings. The fourth-order valence-electron chi connectivity index (χ4n) is 3.13. The number of nitrogens with zero attached hydrogens (tertiary/aromatic N) is 3. The third-order valence-electron chi connectivity index (χ3n) is 4.45. The molecule has 124 valence electrons. The highest BCUT2D eigenvalue weighted by Gasteiger charge is 2.25. The number of thiazole rings is 1. The number of para-hydroxylation sites is 2. The summed E-state index contributed by atoms with van der Waals surface area (Å²) in [6.45, 7) is 2.01. The highest BCUT2D eigenvalue weighted by Crippen LogP contribution is 2.27. The van der Waals surface area contributed by atoms with E-state index < -0.39 is 0 Å². The van der Waals surface area contributed by atoms with Crippen molar-refractivity contribution in [2.24, 2.45) is 0 Å². The number of amides is 2. The minimum Gasteiger partial charge on any atom is -0.342 e. The summed E-state index contributed by atoms with van der Waals surface area (Å²) in [5.41, 5.74) is 2.09. The molecule has 0 radical (unpaired) electrons. The Kier molecular flexibility index (Phi) is 4.17. The van der Waals surface area contributed by atoms with Crippen molar-refractivity contribution in [1.29, 1.82) is 0 Å². The average molecular weight is 341 g/mol. The molecule has 2 aromatic heterocycles. The number of nitrogens with one attached hydrogen (secondary N) is 2. The summed E-state index contributed by atoms with van der Waals surface area (Å²) in [6.07, 6.45) is 3.62. The van der Waals surface area contributed by atoms with Gasteiger partial charge in [-0.3, -0.25) is 0 Å². The van der Waals surface area contributed by atoms with E-state index >= 15 is 0 Å². The lowest BCUT2D eigenvalue weighted by atomic mass is 9.96. The van der Waals surface area contributed by atoms with Crippen LogP contribution in [0.25, 0.3) is 11.0 Å². The van der Waals surface area contributed by atoms with Crippen LogP contribution in [0.1, 0.15) is 29.6 Å². The molecule has 0 spiro atoms. The van der Waals surface area contributed by atoms with Crippen molar-refractivity contribution in [1.82, 2.24) is 25.2 Å². The Morgan fingerprint density at radius 2 is 2.17 bits per heavy atom. The molecular formula is C17H19N5OS. The van der Waals surface area contributed by atoms with E-state index in [1.807, 2.05) is 34.5 Å². The summed E-state index contributed by atoms with van der Waals surface area (Å²) < 4.78 is 0. The van der Waals surface area contributed by atoms with Gasteiger partial charge in [-0.2, -0.15) is 0 Å². The van der Waals surface area contributed by atoms with E-state index in [-0.39, 0.29) is 6.03 Å². The van der Waals surface area contributed by atoms with Crippen LogP contribution >= 0.6 is 11.3 Å². The van der Waals surface area contributed by atoms with E-state index in [2.05, 4.69) is 15.3 Å². The number of aromatic nitrogens is 3. The van der Waals surface area contributed by atoms with Crippen molar-refractivity contribution < 1.29 is 4.79 Å². The van der Waals surface area contributed by atoms with Crippen molar-refractivity contribution in [3.05, 3.63) is 46.7 Å². The molecule has 0 atom stereocenters. The van der Waals surface area contributed by atoms with E-state index in [0.29, 0.717) is 12.5 Å². The van der Waals surface area contributed by atoms with Crippen molar-refractivity contribution in [2.45, 2.75) is 25.3 Å². The van der Waals surface area contributed by atoms with Gasteiger partial charge in [-0.15, -0.1) is 11.3 Å². The Balaban J connectivity index is 1.33. The lowest BCUT2D eigenvalue weighted by Crippen LogP contribution is -2.43. The number of carbonyl (C=O) groups is 1. The number of piperidine rings is 1. The number of carbonyl (C=O) groups excluding carboxylic acids is 1. The van der Waals surface area contributed by atoms with Gasteiger partial charge in [0.25, 0.3) is 0 Å². The first kappa shape index (κ1) is 15.1. The largest absolute Gasteiger partial charge is 0.342 e. The molecule has 2 amide bonds. The predicted octanol–water partition coefficient (Wildman–Crippen LogP) is 3.11. The quantitative estimate of drug-likeness (QED) is 0.769. The molecule has 1 aliphatic heterocycles. The number of hydrogen-bond donors (Lipinski definition) is 2. The Morgan fingerprint density at radius 1 is 1.33 bits per heavy atom. The number of urea groups is 1. The van der Waals surface area contributed by atoms with Crippen molar-refractivity contribution in [2.75, 3.05) is 13.1 Å². The summed E-state index contributed by atoms with van der Waals surface area (Å²) >= 11 is 1.55. The maximum absolute atomic E-state index is 12.2. The van der Waals surface area contributed by atoms with Gasteiger partial charge in [-0.1, -0.05) is 12.1 Å². The predicted molar refractivity (Wildman–Crippen MR) is 94.0 cm³/mol. The first-order chi connectivity index (χ1) is 11.8. The zero-order chi connectivity index (χ0) is 16.4. The number of H-pyrrole nitrogens is 1. The van der Waals surface area contributed by atoms with Crippen LogP contribution in [0, 0.1) is 0 Å². The van der Waals surface area contributed by atoms with Gasteiger partial charge >= 0.3 is 6.03 Å². The second kappa shape index (κ2) is 6.60. The zero-order valence-electron chi connectivity index (χ0n) is 13.2. The normalized spacial score (nSPS) is 15.8. The Bertz CT molecular complexity index is 788. The third kappa shape index (κ3) is 3.12. The van der Waals surface area contributed by atoms with Crippen molar-refractivity contribution >= 4 is 28.4 Å². The summed E-state index contributed by atoms with van der Waals surface area (Å²) in [4.78, 5) is 26.4. The fourth-order valence-corrected chi connectivity index (χ4v) is 3.68. The molecule has 1 saturated heterocycles. The summed E-state index contributed by atoms with van der Waals surface area (Å²) in [7, 11) is 0. The third-order valence-corrected chi connectivity index (χ3v) is 5.23. The molecule has 0 aliphatic carbocycles. The summed E-state index contributed by atoms with van der Waals surface area (Å²) in [6, 6.07) is 8.08. The molecule has 2 N–H and O–H groups in total. The molecule has 6 nitrogen and oxygen atoms in total. The number of fused-ring (bicyclic) bond motifs is 1. The van der Waals surface area contributed by atoms with Gasteiger partial charge in [0, 0.05) is 30.6 Å². The molecule has 1 fully saturated rings. The summed E-state index contributed by atoms with van der Waals surface area (Å²) in [5.74, 6) is 1.43. The topological polar surface area (TPSA) is 73.9 Å². The van der Waals surface area contributed by atoms with Crippen LogP contribution in [-0.2, 0) is 6.54 Å². The first-order valence-electron chi connectivity index (χ1n) is 8.15. The lowest BCUT2D eigenvalue weighted by Gasteiger charge is -2.31. The average Bonchev–Trinajstić information content (AvgIpc) is 3.29. The highest BCUT2D eigenvalue weighted by atomic mass is 32.1. The van der Waals surface area contributed by atoms with Gasteiger partial charge in [0.05, 0.1) is 17.6 Å². The molecule has 24 heavy (non-hydrogen) atoms. The lowest BCUT2D eigenvalue weighted by molar-refractivity contribution is 0.180. The Morgan fingerprint density at radius 3 is 2.92 bits per heavy atom. The van der Waals surface area contributed by atoms with Crippen LogP contribution in [-0.4, -0.2) is 39.0 Å². The van der Waals surface area contributed by atoms with Gasteiger partial charge in [-0.25, -0.2) is 14.8 Å². The van der Waals surface area contributed by atoms with Gasteiger partial charge in [-0.05, 0) is 25.0 Å². The maximum Gasteiger partial charge on any atom is 0.317 e. The maximum atomic E-state index is 12.2. The molecule has 1 aromatic carbocycles. The van der Waals surface area contributed by atoms with Crippen molar-refractivity contribution in [3.8, 4) is 0 Å². The number of likely N-dealkylation sites (tertiary alicyclic amines) is 1. The second-order valence-electron chi connectivity index (χ2n) is 5.99. The Hall–Kier alpha value is -2.41. The van der Waals surface area contributed by atoms with Gasteiger partial charge in [0.15, 0.2) is 0 Å². The molecule has 3 aromatic rings. The van der Waals surface area contributed by atoms with E-state index in [4.69, 9.17) is 4.98 Å². The van der Waals surface area contributed by atoms with Crippen LogP contribution in [0.3, 0.4) is 0 Å². The fraction of sp³-hybridized carbons (Fsp3) is 0.353. The molecular weight excluding hydrogens is 322 g/mol. The van der Waals surface area contributed by atoms with Crippen LogP contribution in [0.2, 0.25) is 0 Å². The SMILES string of the molecule is O=C(NCc1nccs1)N1CCC(c2nc3ccccc3[nH]2)CC1. The molecule has 4 rings (SSSR count). The van der Waals surface area contributed by atoms with E-state index in [1.165, 1.54) is 0 Å². The van der Waals surface area contributed by atoms with E-state index in [0.717, 1.165) is 47.8 Å². The molecule has 0 bridgehead atoms. The number of aromatic amines is 1. The number of benzene rings is 1. The van der Waals surface area contributed by atoms with Gasteiger partial charge in [0.1, 0.15) is 10.8 Å². The number of hydrogen-bond acceptors (Lipinski definition) is 4. The smallest absolute Gasteiger partial charge is 0.317 e. The number of rotatable bonds is 3. The van der Waals surface area contributed by atoms with E-state index in [1.54, 1.807) is 17.5 Å². The highest BCUT2D eigenvalue weighted by molar-refractivity contribution is 7.09. The number of imidazole rings is 1. The molecule has 3 heterocycles. The molecule has 7 heteroatoms. The standard InChI is InChI=1S/C17H19N5OS/c23-17(19-11-15-18-7-10-24-15)22-8-5-12(6-9-22)16-20-13-3-1-2-4-14(13)21-16/h1-4,7,10,12H,5-6,8-9,11H2,(H,19,23)(H,20,21). The monoisotopic (exact) mass is 341 g/mol. The van der Waals surface area contributed by atoms with Gasteiger partial charge in [0.2, 0.25) is 0 Å². The van der Waals surface area contributed by atoms with Crippen LogP contribution in [0.5, 0.6) is 0 Å². The van der Waals surface area contributed by atoms with Gasteiger partial charge < -0.3 is 15.2 Å².